The Morgan fingerprint density at radius 3 is 2.66 bits per heavy atom. The molecule has 164 valence electrons. The van der Waals surface area contributed by atoms with Crippen LogP contribution in [0.25, 0.3) is 11.3 Å². The number of halogens is 1. The van der Waals surface area contributed by atoms with E-state index in [2.05, 4.69) is 20.9 Å². The number of ether oxygens (including phenoxy) is 1. The molecule has 4 heterocycles. The van der Waals surface area contributed by atoms with E-state index in [1.165, 1.54) is 12.1 Å². The average molecular weight is 433 g/mol. The van der Waals surface area contributed by atoms with Gasteiger partial charge in [-0.05, 0) is 48.0 Å². The number of fused-ring (bicyclic) bond motifs is 1. The minimum Gasteiger partial charge on any atom is -0.397 e. The van der Waals surface area contributed by atoms with Crippen LogP contribution >= 0.6 is 0 Å². The van der Waals surface area contributed by atoms with Crippen molar-refractivity contribution in [2.24, 2.45) is 0 Å². The van der Waals surface area contributed by atoms with E-state index in [1.54, 1.807) is 29.2 Å². The minimum atomic E-state index is -0.307. The molecule has 2 aromatic heterocycles. The molecule has 1 fully saturated rings. The summed E-state index contributed by atoms with van der Waals surface area (Å²) >= 11 is 0. The first-order chi connectivity index (χ1) is 15.6. The molecule has 1 aromatic carbocycles. The molecule has 0 spiro atoms. The molecule has 8 heteroatoms. The molecule has 0 atom stereocenters. The van der Waals surface area contributed by atoms with Gasteiger partial charge in [-0.2, -0.15) is 0 Å². The molecule has 1 saturated heterocycles. The van der Waals surface area contributed by atoms with E-state index in [4.69, 9.17) is 10.5 Å². The van der Waals surface area contributed by atoms with Crippen molar-refractivity contribution in [3.63, 3.8) is 0 Å². The highest BCUT2D eigenvalue weighted by Gasteiger charge is 2.26. The van der Waals surface area contributed by atoms with E-state index < -0.39 is 0 Å². The van der Waals surface area contributed by atoms with Gasteiger partial charge in [0, 0.05) is 25.2 Å². The van der Waals surface area contributed by atoms with Crippen molar-refractivity contribution < 1.29 is 13.9 Å². The van der Waals surface area contributed by atoms with Gasteiger partial charge in [0.1, 0.15) is 5.82 Å². The van der Waals surface area contributed by atoms with Gasteiger partial charge in [0.05, 0.1) is 60.8 Å². The van der Waals surface area contributed by atoms with Gasteiger partial charge in [-0.3, -0.25) is 14.8 Å². The van der Waals surface area contributed by atoms with E-state index in [1.807, 2.05) is 6.20 Å². The van der Waals surface area contributed by atoms with Gasteiger partial charge in [0.2, 0.25) is 5.91 Å². The first-order valence-corrected chi connectivity index (χ1v) is 10.7. The third-order valence-corrected chi connectivity index (χ3v) is 5.94. The standard InChI is InChI=1S/C24H24FN5O2/c25-18-3-1-16(2-4-18)21-6-5-20(26)22(28-21)12-24(31)30-14-17-11-19(13-27-23(17)15-30)29-7-9-32-10-8-29/h1-6,11,13H,7-10,12,14-15,26H2. The number of anilines is 2. The van der Waals surface area contributed by atoms with Gasteiger partial charge in [-0.25, -0.2) is 4.39 Å². The maximum Gasteiger partial charge on any atom is 0.229 e. The molecule has 5 rings (SSSR count). The fourth-order valence-corrected chi connectivity index (χ4v) is 4.11. The van der Waals surface area contributed by atoms with E-state index in [-0.39, 0.29) is 18.1 Å². The van der Waals surface area contributed by atoms with Gasteiger partial charge < -0.3 is 20.3 Å². The van der Waals surface area contributed by atoms with Gasteiger partial charge >= 0.3 is 0 Å². The summed E-state index contributed by atoms with van der Waals surface area (Å²) in [7, 11) is 0. The summed E-state index contributed by atoms with van der Waals surface area (Å²) in [5, 5.41) is 0. The zero-order chi connectivity index (χ0) is 22.1. The summed E-state index contributed by atoms with van der Waals surface area (Å²) in [5.74, 6) is -0.357. The summed E-state index contributed by atoms with van der Waals surface area (Å²) in [4.78, 5) is 26.3. The first-order valence-electron chi connectivity index (χ1n) is 10.7. The Morgan fingerprint density at radius 1 is 1.09 bits per heavy atom. The Bertz CT molecular complexity index is 1150. The quantitative estimate of drug-likeness (QED) is 0.681. The maximum absolute atomic E-state index is 13.2. The Balaban J connectivity index is 1.29. The van der Waals surface area contributed by atoms with Crippen LogP contribution in [0.2, 0.25) is 0 Å². The zero-order valence-corrected chi connectivity index (χ0v) is 17.6. The van der Waals surface area contributed by atoms with Crippen LogP contribution in [-0.4, -0.2) is 47.1 Å². The number of pyridine rings is 2. The van der Waals surface area contributed by atoms with Crippen molar-refractivity contribution in [3.05, 3.63) is 71.4 Å². The number of benzene rings is 1. The molecule has 1 amide bonds. The summed E-state index contributed by atoms with van der Waals surface area (Å²) in [5.41, 5.74) is 11.6. The summed E-state index contributed by atoms with van der Waals surface area (Å²) < 4.78 is 18.7. The Hall–Kier alpha value is -3.52. The number of hydrogen-bond donors (Lipinski definition) is 1. The molecule has 0 saturated carbocycles. The molecular weight excluding hydrogens is 409 g/mol. The van der Waals surface area contributed by atoms with Gasteiger partial charge in [-0.1, -0.05) is 0 Å². The van der Waals surface area contributed by atoms with Gasteiger partial charge in [0.15, 0.2) is 0 Å². The molecule has 0 radical (unpaired) electrons. The maximum atomic E-state index is 13.2. The number of nitrogens with zero attached hydrogens (tertiary/aromatic N) is 4. The number of hydrogen-bond acceptors (Lipinski definition) is 6. The smallest absolute Gasteiger partial charge is 0.229 e. The molecule has 3 aromatic rings. The Labute approximate surface area is 185 Å². The molecule has 2 aliphatic heterocycles. The van der Waals surface area contributed by atoms with Crippen molar-refractivity contribution in [2.75, 3.05) is 36.9 Å². The third kappa shape index (κ3) is 4.13. The number of amides is 1. The van der Waals surface area contributed by atoms with Crippen LogP contribution in [0.4, 0.5) is 15.8 Å². The fourth-order valence-electron chi connectivity index (χ4n) is 4.11. The number of nitrogens with two attached hydrogens (primary N) is 1. The molecule has 32 heavy (non-hydrogen) atoms. The van der Waals surface area contributed by atoms with Crippen LogP contribution in [0.3, 0.4) is 0 Å². The molecule has 2 N–H and O–H groups in total. The van der Waals surface area contributed by atoms with Crippen molar-refractivity contribution in [1.29, 1.82) is 0 Å². The second-order valence-corrected chi connectivity index (χ2v) is 8.06. The number of carbonyl (C=O) groups excluding carboxylic acids is 1. The van der Waals surface area contributed by atoms with E-state index in [0.717, 1.165) is 35.6 Å². The number of aromatic nitrogens is 2. The third-order valence-electron chi connectivity index (χ3n) is 5.94. The van der Waals surface area contributed by atoms with Gasteiger partial charge in [-0.15, -0.1) is 0 Å². The lowest BCUT2D eigenvalue weighted by Gasteiger charge is -2.28. The Morgan fingerprint density at radius 2 is 1.88 bits per heavy atom. The van der Waals surface area contributed by atoms with E-state index in [0.29, 0.717) is 43.4 Å². The Kier molecular flexibility index (Phi) is 5.45. The van der Waals surface area contributed by atoms with Crippen LogP contribution in [0.1, 0.15) is 17.0 Å². The number of carbonyl (C=O) groups is 1. The topological polar surface area (TPSA) is 84.6 Å². The highest BCUT2D eigenvalue weighted by molar-refractivity contribution is 5.81. The normalized spacial score (nSPS) is 15.7. The summed E-state index contributed by atoms with van der Waals surface area (Å²) in [6, 6.07) is 11.7. The van der Waals surface area contributed by atoms with Crippen LogP contribution in [0.15, 0.2) is 48.7 Å². The minimum absolute atomic E-state index is 0.0496. The number of nitrogen functional groups attached to an aromatic ring is 1. The molecule has 0 unspecified atom stereocenters. The van der Waals surface area contributed by atoms with Crippen molar-refractivity contribution >= 4 is 17.3 Å². The first kappa shape index (κ1) is 20.4. The average Bonchev–Trinajstić information content (AvgIpc) is 3.25. The lowest BCUT2D eigenvalue weighted by molar-refractivity contribution is -0.131. The predicted molar refractivity (Wildman–Crippen MR) is 119 cm³/mol. The van der Waals surface area contributed by atoms with Crippen LogP contribution in [-0.2, 0) is 29.0 Å². The van der Waals surface area contributed by atoms with Crippen molar-refractivity contribution in [2.45, 2.75) is 19.5 Å². The largest absolute Gasteiger partial charge is 0.397 e. The summed E-state index contributed by atoms with van der Waals surface area (Å²) in [6.07, 6.45) is 1.98. The zero-order valence-electron chi connectivity index (χ0n) is 17.6. The predicted octanol–water partition coefficient (Wildman–Crippen LogP) is 2.79. The molecule has 0 aliphatic carbocycles. The van der Waals surface area contributed by atoms with E-state index in [9.17, 15) is 9.18 Å². The fraction of sp³-hybridized carbons (Fsp3) is 0.292. The molecule has 0 bridgehead atoms. The molecule has 2 aliphatic rings. The van der Waals surface area contributed by atoms with Crippen molar-refractivity contribution in [3.8, 4) is 11.3 Å². The molecule has 7 nitrogen and oxygen atoms in total. The summed E-state index contributed by atoms with van der Waals surface area (Å²) in [6.45, 7) is 4.13. The number of rotatable bonds is 4. The second kappa shape index (κ2) is 8.55. The van der Waals surface area contributed by atoms with Gasteiger partial charge in [0.25, 0.3) is 0 Å². The van der Waals surface area contributed by atoms with E-state index >= 15 is 0 Å². The second-order valence-electron chi connectivity index (χ2n) is 8.06. The lowest BCUT2D eigenvalue weighted by Crippen LogP contribution is -2.36. The SMILES string of the molecule is Nc1ccc(-c2ccc(F)cc2)nc1CC(=O)N1Cc2cc(N3CCOCC3)cnc2C1. The van der Waals surface area contributed by atoms with Crippen molar-refractivity contribution in [1.82, 2.24) is 14.9 Å². The molecular formula is C24H24FN5O2. The number of morpholine rings is 1. The van der Waals surface area contributed by atoms with Crippen LogP contribution in [0.5, 0.6) is 0 Å². The van der Waals surface area contributed by atoms with Crippen LogP contribution in [0, 0.1) is 5.82 Å². The highest BCUT2D eigenvalue weighted by atomic mass is 19.1. The monoisotopic (exact) mass is 433 g/mol. The van der Waals surface area contributed by atoms with Crippen LogP contribution < -0.4 is 10.6 Å². The highest BCUT2D eigenvalue weighted by Crippen LogP contribution is 2.27. The lowest BCUT2D eigenvalue weighted by atomic mass is 10.1.